The van der Waals surface area contributed by atoms with Crippen molar-refractivity contribution in [3.63, 3.8) is 0 Å². The molecule has 0 radical (unpaired) electrons. The van der Waals surface area contributed by atoms with Crippen molar-refractivity contribution in [2.75, 3.05) is 19.8 Å². The molecule has 0 spiro atoms. The Balaban J connectivity index is 0.00000200. The lowest BCUT2D eigenvalue weighted by molar-refractivity contribution is -0.142. The summed E-state index contributed by atoms with van der Waals surface area (Å²) in [7, 11) is 0. The summed E-state index contributed by atoms with van der Waals surface area (Å²) in [4.78, 5) is 14.7. The number of halogens is 1. The Labute approximate surface area is 129 Å². The number of morpholine rings is 1. The van der Waals surface area contributed by atoms with Gasteiger partial charge in [0.05, 0.1) is 31.4 Å². The lowest BCUT2D eigenvalue weighted by atomic mass is 10.0. The van der Waals surface area contributed by atoms with Crippen molar-refractivity contribution in [2.24, 2.45) is 5.73 Å². The van der Waals surface area contributed by atoms with Gasteiger partial charge in [-0.05, 0) is 18.4 Å². The molecule has 0 aromatic carbocycles. The standard InChI is InChI=1S/C13H20N2O3S.ClH/c1-9(14)13(17)15-4-5-18-8-10(15)7-11(16)12-3-2-6-19-12;/h2-3,6,9-11,16H,4-5,7-8,14H2,1H3;1H/t9-,10?,11?;/m0./s1. The van der Waals surface area contributed by atoms with Crippen LogP contribution in [0.5, 0.6) is 0 Å². The van der Waals surface area contributed by atoms with Gasteiger partial charge >= 0.3 is 0 Å². The number of rotatable bonds is 4. The Morgan fingerprint density at radius 2 is 2.45 bits per heavy atom. The zero-order chi connectivity index (χ0) is 13.8. The maximum atomic E-state index is 12.0. The molecule has 5 nitrogen and oxygen atoms in total. The second kappa shape index (κ2) is 7.95. The number of carbonyl (C=O) groups excluding carboxylic acids is 1. The fourth-order valence-electron chi connectivity index (χ4n) is 2.26. The van der Waals surface area contributed by atoms with Crippen molar-refractivity contribution in [1.29, 1.82) is 0 Å². The summed E-state index contributed by atoms with van der Waals surface area (Å²) in [5, 5.41) is 12.1. The molecule has 1 fully saturated rings. The molecule has 20 heavy (non-hydrogen) atoms. The average molecular weight is 321 g/mol. The van der Waals surface area contributed by atoms with Crippen molar-refractivity contribution in [1.82, 2.24) is 4.90 Å². The Morgan fingerprint density at radius 3 is 3.05 bits per heavy atom. The molecule has 3 N–H and O–H groups in total. The molecule has 1 aliphatic rings. The van der Waals surface area contributed by atoms with Gasteiger partial charge in [0.15, 0.2) is 0 Å². The summed E-state index contributed by atoms with van der Waals surface area (Å²) in [6, 6.07) is 3.19. The molecule has 114 valence electrons. The second-order valence-electron chi connectivity index (χ2n) is 4.82. The first-order chi connectivity index (χ1) is 9.09. The van der Waals surface area contributed by atoms with Gasteiger partial charge in [0, 0.05) is 17.8 Å². The van der Waals surface area contributed by atoms with E-state index in [1.807, 2.05) is 17.5 Å². The third-order valence-corrected chi connectivity index (χ3v) is 4.24. The molecule has 1 amide bonds. The van der Waals surface area contributed by atoms with Crippen molar-refractivity contribution < 1.29 is 14.6 Å². The van der Waals surface area contributed by atoms with Crippen LogP contribution in [0, 0.1) is 0 Å². The molecule has 2 unspecified atom stereocenters. The van der Waals surface area contributed by atoms with Crippen LogP contribution in [0.3, 0.4) is 0 Å². The fraction of sp³-hybridized carbons (Fsp3) is 0.615. The number of amides is 1. The predicted molar refractivity (Wildman–Crippen MR) is 81.1 cm³/mol. The predicted octanol–water partition coefficient (Wildman–Crippen LogP) is 1.17. The van der Waals surface area contributed by atoms with Crippen LogP contribution >= 0.6 is 23.7 Å². The highest BCUT2D eigenvalue weighted by molar-refractivity contribution is 7.10. The van der Waals surface area contributed by atoms with E-state index in [2.05, 4.69) is 0 Å². The molecule has 1 aromatic heterocycles. The van der Waals surface area contributed by atoms with Gasteiger partial charge < -0.3 is 20.5 Å². The highest BCUT2D eigenvalue weighted by Gasteiger charge is 2.30. The number of thiophene rings is 1. The van der Waals surface area contributed by atoms with Gasteiger partial charge in [-0.1, -0.05) is 6.07 Å². The molecular weight excluding hydrogens is 300 g/mol. The first kappa shape index (κ1) is 17.4. The van der Waals surface area contributed by atoms with E-state index in [-0.39, 0.29) is 24.4 Å². The van der Waals surface area contributed by atoms with Crippen molar-refractivity contribution >= 4 is 29.7 Å². The highest BCUT2D eigenvalue weighted by Crippen LogP contribution is 2.26. The smallest absolute Gasteiger partial charge is 0.239 e. The minimum absolute atomic E-state index is 0. The number of aliphatic hydroxyl groups is 1. The van der Waals surface area contributed by atoms with E-state index in [1.165, 1.54) is 11.3 Å². The van der Waals surface area contributed by atoms with E-state index < -0.39 is 12.1 Å². The monoisotopic (exact) mass is 320 g/mol. The highest BCUT2D eigenvalue weighted by atomic mass is 35.5. The number of aliphatic hydroxyl groups excluding tert-OH is 1. The van der Waals surface area contributed by atoms with Gasteiger partial charge in [-0.15, -0.1) is 23.7 Å². The summed E-state index contributed by atoms with van der Waals surface area (Å²) in [6.07, 6.45) is -0.0750. The van der Waals surface area contributed by atoms with Crippen LogP contribution in [0.1, 0.15) is 24.3 Å². The number of ether oxygens (including phenoxy) is 1. The number of hydrogen-bond donors (Lipinski definition) is 2. The summed E-state index contributed by atoms with van der Waals surface area (Å²) in [5.41, 5.74) is 5.66. The molecule has 2 rings (SSSR count). The maximum absolute atomic E-state index is 12.0. The Hall–Kier alpha value is -0.660. The van der Waals surface area contributed by atoms with Gasteiger partial charge in [-0.25, -0.2) is 0 Å². The Morgan fingerprint density at radius 1 is 1.70 bits per heavy atom. The molecule has 0 saturated carbocycles. The average Bonchev–Trinajstić information content (AvgIpc) is 2.92. The van der Waals surface area contributed by atoms with Crippen LogP contribution in [0.4, 0.5) is 0 Å². The van der Waals surface area contributed by atoms with Crippen LogP contribution in [-0.2, 0) is 9.53 Å². The Kier molecular flexibility index (Phi) is 6.91. The summed E-state index contributed by atoms with van der Waals surface area (Å²) < 4.78 is 5.42. The molecular formula is C13H21ClN2O3S. The van der Waals surface area contributed by atoms with E-state index in [0.29, 0.717) is 26.2 Å². The molecule has 7 heteroatoms. The largest absolute Gasteiger partial charge is 0.387 e. The SMILES string of the molecule is C[C@H](N)C(=O)N1CCOCC1CC(O)c1cccs1.Cl. The minimum atomic E-state index is -0.560. The first-order valence-corrected chi connectivity index (χ1v) is 7.33. The van der Waals surface area contributed by atoms with Crippen LogP contribution in [0.2, 0.25) is 0 Å². The lowest BCUT2D eigenvalue weighted by Crippen LogP contribution is -2.53. The second-order valence-corrected chi connectivity index (χ2v) is 5.80. The number of carbonyl (C=O) groups is 1. The molecule has 3 atom stereocenters. The van der Waals surface area contributed by atoms with E-state index >= 15 is 0 Å². The third kappa shape index (κ3) is 4.17. The zero-order valence-electron chi connectivity index (χ0n) is 11.4. The summed E-state index contributed by atoms with van der Waals surface area (Å²) in [6.45, 7) is 3.22. The van der Waals surface area contributed by atoms with Crippen molar-refractivity contribution in [2.45, 2.75) is 31.5 Å². The first-order valence-electron chi connectivity index (χ1n) is 6.45. The van der Waals surface area contributed by atoms with Crippen LogP contribution < -0.4 is 5.73 Å². The molecule has 2 heterocycles. The van der Waals surface area contributed by atoms with Gasteiger partial charge in [-0.3, -0.25) is 4.79 Å². The number of nitrogens with zero attached hydrogens (tertiary/aromatic N) is 1. The molecule has 1 aromatic rings. The van der Waals surface area contributed by atoms with E-state index in [9.17, 15) is 9.90 Å². The third-order valence-electron chi connectivity index (χ3n) is 3.27. The van der Waals surface area contributed by atoms with Crippen molar-refractivity contribution in [3.8, 4) is 0 Å². The zero-order valence-corrected chi connectivity index (χ0v) is 13.0. The summed E-state index contributed by atoms with van der Waals surface area (Å²) in [5.74, 6) is -0.0771. The lowest BCUT2D eigenvalue weighted by Gasteiger charge is -2.37. The Bertz CT molecular complexity index is 414. The van der Waals surface area contributed by atoms with E-state index in [4.69, 9.17) is 10.5 Å². The number of nitrogens with two attached hydrogens (primary N) is 1. The fourth-order valence-corrected chi connectivity index (χ4v) is 2.98. The van der Waals surface area contributed by atoms with E-state index in [0.717, 1.165) is 4.88 Å². The van der Waals surface area contributed by atoms with Crippen molar-refractivity contribution in [3.05, 3.63) is 22.4 Å². The maximum Gasteiger partial charge on any atom is 0.239 e. The van der Waals surface area contributed by atoms with E-state index in [1.54, 1.807) is 11.8 Å². The van der Waals surface area contributed by atoms with Crippen LogP contribution in [0.25, 0.3) is 0 Å². The quantitative estimate of drug-likeness (QED) is 0.873. The van der Waals surface area contributed by atoms with Gasteiger partial charge in [-0.2, -0.15) is 0 Å². The molecule has 1 saturated heterocycles. The van der Waals surface area contributed by atoms with Gasteiger partial charge in [0.2, 0.25) is 5.91 Å². The topological polar surface area (TPSA) is 75.8 Å². The molecule has 0 bridgehead atoms. The number of hydrogen-bond acceptors (Lipinski definition) is 5. The molecule has 0 aliphatic carbocycles. The van der Waals surface area contributed by atoms with Gasteiger partial charge in [0.1, 0.15) is 0 Å². The van der Waals surface area contributed by atoms with Gasteiger partial charge in [0.25, 0.3) is 0 Å². The minimum Gasteiger partial charge on any atom is -0.387 e. The molecule has 1 aliphatic heterocycles. The van der Waals surface area contributed by atoms with Crippen LogP contribution in [0.15, 0.2) is 17.5 Å². The summed E-state index contributed by atoms with van der Waals surface area (Å²) >= 11 is 1.52. The normalized spacial score (nSPS) is 21.9. The van der Waals surface area contributed by atoms with Crippen LogP contribution in [-0.4, -0.2) is 47.8 Å².